The van der Waals surface area contributed by atoms with E-state index in [0.29, 0.717) is 5.82 Å². The fraction of sp³-hybridized carbons (Fsp3) is 0.417. The van der Waals surface area contributed by atoms with Crippen LogP contribution in [0.25, 0.3) is 11.3 Å². The number of ether oxygens (including phenoxy) is 1. The number of aryl methyl sites for hydroxylation is 1. The molecule has 102 valence electrons. The van der Waals surface area contributed by atoms with E-state index in [1.54, 1.807) is 15.5 Å². The minimum absolute atomic E-state index is 0.00646. The molecule has 4 rings (SSSR count). The predicted octanol–water partition coefficient (Wildman–Crippen LogP) is 0.865. The van der Waals surface area contributed by atoms with Crippen LogP contribution in [0.2, 0.25) is 0 Å². The maximum absolute atomic E-state index is 5.76. The van der Waals surface area contributed by atoms with Gasteiger partial charge in [-0.15, -0.1) is 0 Å². The maximum Gasteiger partial charge on any atom is 0.184 e. The number of nitrogens with zero attached hydrogens (tertiary/aromatic N) is 7. The first kappa shape index (κ1) is 11.5. The quantitative estimate of drug-likeness (QED) is 0.687. The molecular weight excluding hydrogens is 258 g/mol. The summed E-state index contributed by atoms with van der Waals surface area (Å²) in [7, 11) is 0. The van der Waals surface area contributed by atoms with Crippen molar-refractivity contribution >= 4 is 5.52 Å². The second kappa shape index (κ2) is 4.34. The highest BCUT2D eigenvalue weighted by molar-refractivity contribution is 5.64. The molecule has 0 bridgehead atoms. The summed E-state index contributed by atoms with van der Waals surface area (Å²) in [6.07, 6.45) is 6.62. The Balaban J connectivity index is 2.00. The van der Waals surface area contributed by atoms with Crippen LogP contribution in [0.5, 0.6) is 0 Å². The Morgan fingerprint density at radius 1 is 1.30 bits per heavy atom. The van der Waals surface area contributed by atoms with Crippen LogP contribution >= 0.6 is 0 Å². The third-order valence-electron chi connectivity index (χ3n) is 3.47. The van der Waals surface area contributed by atoms with Crippen LogP contribution in [-0.2, 0) is 4.74 Å². The summed E-state index contributed by atoms with van der Waals surface area (Å²) in [4.78, 5) is 12.9. The summed E-state index contributed by atoms with van der Waals surface area (Å²) in [5.41, 5.74) is 1.72. The topological polar surface area (TPSA) is 83.0 Å². The highest BCUT2D eigenvalue weighted by Gasteiger charge is 2.26. The molecule has 0 saturated carbocycles. The van der Waals surface area contributed by atoms with E-state index in [0.717, 1.165) is 36.5 Å². The largest absolute Gasteiger partial charge is 0.372 e. The second-order valence-corrected chi connectivity index (χ2v) is 4.73. The van der Waals surface area contributed by atoms with Crippen LogP contribution in [0.4, 0.5) is 0 Å². The highest BCUT2D eigenvalue weighted by atomic mass is 16.5. The van der Waals surface area contributed by atoms with Crippen molar-refractivity contribution in [3.8, 4) is 5.82 Å². The van der Waals surface area contributed by atoms with Gasteiger partial charge in [0.25, 0.3) is 0 Å². The average Bonchev–Trinajstić information content (AvgIpc) is 3.19. The van der Waals surface area contributed by atoms with Gasteiger partial charge in [0.05, 0.1) is 0 Å². The van der Waals surface area contributed by atoms with Crippen LogP contribution in [0.15, 0.2) is 19.0 Å². The monoisotopic (exact) mass is 271 g/mol. The maximum atomic E-state index is 5.76. The number of rotatable bonds is 2. The Bertz CT molecular complexity index is 743. The lowest BCUT2D eigenvalue weighted by Crippen LogP contribution is -2.06. The van der Waals surface area contributed by atoms with Crippen molar-refractivity contribution in [2.75, 3.05) is 6.61 Å². The molecule has 0 unspecified atom stereocenters. The lowest BCUT2D eigenvalue weighted by Gasteiger charge is -2.08. The summed E-state index contributed by atoms with van der Waals surface area (Å²) in [6, 6.07) is 0. The lowest BCUT2D eigenvalue weighted by atomic mass is 10.1. The Morgan fingerprint density at radius 2 is 2.25 bits per heavy atom. The van der Waals surface area contributed by atoms with Gasteiger partial charge in [0.1, 0.15) is 42.1 Å². The van der Waals surface area contributed by atoms with Gasteiger partial charge in [-0.2, -0.15) is 10.2 Å². The summed E-state index contributed by atoms with van der Waals surface area (Å²) in [5.74, 6) is 1.48. The zero-order chi connectivity index (χ0) is 13.5. The zero-order valence-electron chi connectivity index (χ0n) is 11.0. The van der Waals surface area contributed by atoms with Crippen molar-refractivity contribution in [1.82, 2.24) is 34.3 Å². The summed E-state index contributed by atoms with van der Waals surface area (Å²) in [5, 5.41) is 8.42. The highest BCUT2D eigenvalue weighted by Crippen LogP contribution is 2.32. The van der Waals surface area contributed by atoms with Crippen molar-refractivity contribution in [3.63, 3.8) is 0 Å². The molecule has 20 heavy (non-hydrogen) atoms. The van der Waals surface area contributed by atoms with Crippen molar-refractivity contribution in [1.29, 1.82) is 0 Å². The number of fused-ring (bicyclic) bond motifs is 1. The van der Waals surface area contributed by atoms with E-state index in [9.17, 15) is 0 Å². The molecule has 1 fully saturated rings. The van der Waals surface area contributed by atoms with Crippen molar-refractivity contribution in [2.45, 2.75) is 25.9 Å². The van der Waals surface area contributed by atoms with Crippen molar-refractivity contribution in [2.24, 2.45) is 0 Å². The van der Waals surface area contributed by atoms with E-state index in [-0.39, 0.29) is 6.10 Å². The standard InChI is InChI=1S/C12H13N7O/c1-8-17-10(9-3-2-4-20-9)11-12(14-6-16-19(8)11)18-7-13-5-15-18/h5-7,9H,2-4H2,1H3/t9-/m1/s1. The Labute approximate surface area is 114 Å². The van der Waals surface area contributed by atoms with Crippen LogP contribution in [0, 0.1) is 6.92 Å². The van der Waals surface area contributed by atoms with Gasteiger partial charge >= 0.3 is 0 Å². The van der Waals surface area contributed by atoms with Crippen LogP contribution in [0.3, 0.4) is 0 Å². The Hall–Kier alpha value is -2.35. The van der Waals surface area contributed by atoms with Gasteiger partial charge in [-0.3, -0.25) is 0 Å². The molecule has 0 amide bonds. The molecule has 0 N–H and O–H groups in total. The van der Waals surface area contributed by atoms with Crippen LogP contribution < -0.4 is 0 Å². The van der Waals surface area contributed by atoms with Crippen molar-refractivity contribution in [3.05, 3.63) is 30.5 Å². The lowest BCUT2D eigenvalue weighted by molar-refractivity contribution is 0.110. The molecule has 3 aromatic rings. The van der Waals surface area contributed by atoms with Gasteiger partial charge in [0, 0.05) is 6.61 Å². The molecule has 0 radical (unpaired) electrons. The Kier molecular flexibility index (Phi) is 2.49. The fourth-order valence-electron chi connectivity index (χ4n) is 2.59. The molecule has 8 heteroatoms. The molecule has 1 saturated heterocycles. The van der Waals surface area contributed by atoms with Gasteiger partial charge in [-0.05, 0) is 19.8 Å². The Morgan fingerprint density at radius 3 is 3.00 bits per heavy atom. The van der Waals surface area contributed by atoms with E-state index in [1.807, 2.05) is 6.92 Å². The molecule has 0 aromatic carbocycles. The first-order chi connectivity index (χ1) is 9.84. The van der Waals surface area contributed by atoms with Gasteiger partial charge in [0.2, 0.25) is 0 Å². The smallest absolute Gasteiger partial charge is 0.184 e. The van der Waals surface area contributed by atoms with Crippen LogP contribution in [-0.4, -0.2) is 41.0 Å². The van der Waals surface area contributed by atoms with Gasteiger partial charge in [-0.1, -0.05) is 0 Å². The zero-order valence-corrected chi connectivity index (χ0v) is 11.0. The first-order valence-corrected chi connectivity index (χ1v) is 6.51. The first-order valence-electron chi connectivity index (χ1n) is 6.51. The number of imidazole rings is 1. The molecule has 1 atom stereocenters. The van der Waals surface area contributed by atoms with Gasteiger partial charge in [0.15, 0.2) is 5.82 Å². The van der Waals surface area contributed by atoms with Gasteiger partial charge in [-0.25, -0.2) is 24.1 Å². The fourth-order valence-corrected chi connectivity index (χ4v) is 2.59. The van der Waals surface area contributed by atoms with E-state index in [4.69, 9.17) is 4.74 Å². The summed E-state index contributed by atoms with van der Waals surface area (Å²) in [6.45, 7) is 2.69. The second-order valence-electron chi connectivity index (χ2n) is 4.73. The third kappa shape index (κ3) is 1.61. The summed E-state index contributed by atoms with van der Waals surface area (Å²) < 4.78 is 9.16. The SMILES string of the molecule is Cc1nc([C@H]2CCCO2)c2c(-n3cncn3)ncnn12. The predicted molar refractivity (Wildman–Crippen MR) is 68.4 cm³/mol. The van der Waals surface area contributed by atoms with Crippen molar-refractivity contribution < 1.29 is 4.74 Å². The van der Waals surface area contributed by atoms with E-state index >= 15 is 0 Å². The normalized spacial score (nSPS) is 18.9. The molecular formula is C12H13N7O. The molecule has 1 aliphatic rings. The molecule has 8 nitrogen and oxygen atoms in total. The number of aromatic nitrogens is 7. The summed E-state index contributed by atoms with van der Waals surface area (Å²) >= 11 is 0. The van der Waals surface area contributed by atoms with Gasteiger partial charge < -0.3 is 4.74 Å². The molecule has 1 aliphatic heterocycles. The molecule has 0 spiro atoms. The van der Waals surface area contributed by atoms with E-state index < -0.39 is 0 Å². The minimum Gasteiger partial charge on any atom is -0.372 e. The molecule has 0 aliphatic carbocycles. The number of hydrogen-bond acceptors (Lipinski definition) is 6. The average molecular weight is 271 g/mol. The molecule has 4 heterocycles. The van der Waals surface area contributed by atoms with E-state index in [2.05, 4.69) is 25.1 Å². The third-order valence-corrected chi connectivity index (χ3v) is 3.47. The number of hydrogen-bond donors (Lipinski definition) is 0. The molecule has 3 aromatic heterocycles. The van der Waals surface area contributed by atoms with Crippen LogP contribution in [0.1, 0.15) is 30.5 Å². The van der Waals surface area contributed by atoms with E-state index in [1.165, 1.54) is 12.7 Å². The minimum atomic E-state index is 0.00646.